The average Bonchev–Trinajstić information content (AvgIpc) is 2.18. The van der Waals surface area contributed by atoms with E-state index in [0.717, 1.165) is 5.71 Å². The van der Waals surface area contributed by atoms with Crippen LogP contribution in [-0.2, 0) is 9.63 Å². The first-order chi connectivity index (χ1) is 5.11. The summed E-state index contributed by atoms with van der Waals surface area (Å²) in [4.78, 5) is 15.2. The lowest BCUT2D eigenvalue weighted by Gasteiger charge is -2.09. The lowest BCUT2D eigenvalue weighted by molar-refractivity contribution is -0.140. The number of aliphatic carboxylic acids is 1. The normalized spacial score (nSPS) is 29.5. The molecule has 0 bridgehead atoms. The van der Waals surface area contributed by atoms with Crippen molar-refractivity contribution in [3.8, 4) is 0 Å². The molecule has 2 atom stereocenters. The van der Waals surface area contributed by atoms with Crippen molar-refractivity contribution in [2.75, 3.05) is 0 Å². The Bertz CT molecular complexity index is 200. The highest BCUT2D eigenvalue weighted by atomic mass is 16.6. The molecule has 11 heavy (non-hydrogen) atoms. The predicted octanol–water partition coefficient (Wildman–Crippen LogP) is 0.872. The highest BCUT2D eigenvalue weighted by Gasteiger charge is 2.29. The van der Waals surface area contributed by atoms with Crippen LogP contribution in [0.5, 0.6) is 0 Å². The van der Waals surface area contributed by atoms with E-state index in [-0.39, 0.29) is 18.4 Å². The van der Waals surface area contributed by atoms with Crippen LogP contribution in [0.2, 0.25) is 0 Å². The molecule has 0 fully saturated rings. The van der Waals surface area contributed by atoms with Crippen LogP contribution in [0.3, 0.4) is 0 Å². The van der Waals surface area contributed by atoms with Crippen molar-refractivity contribution in [1.82, 2.24) is 0 Å². The number of carbonyl (C=O) groups is 1. The Balaban J connectivity index is 2.47. The summed E-state index contributed by atoms with van der Waals surface area (Å²) in [5, 5.41) is 12.2. The second kappa shape index (κ2) is 2.90. The van der Waals surface area contributed by atoms with E-state index >= 15 is 0 Å². The molecule has 1 N–H and O–H groups in total. The van der Waals surface area contributed by atoms with E-state index in [1.165, 1.54) is 0 Å². The van der Waals surface area contributed by atoms with Gasteiger partial charge in [-0.05, 0) is 6.92 Å². The smallest absolute Gasteiger partial charge is 0.307 e. The van der Waals surface area contributed by atoms with Gasteiger partial charge in [-0.2, -0.15) is 0 Å². The van der Waals surface area contributed by atoms with Gasteiger partial charge in [-0.25, -0.2) is 0 Å². The van der Waals surface area contributed by atoms with E-state index in [2.05, 4.69) is 5.16 Å². The standard InChI is InChI=1S/C7H11NO3/c1-4-5(2)8-11-6(4)3-7(9)10/h4,6H,3H2,1-2H3,(H,9,10)/t4?,6-/m1/s1. The van der Waals surface area contributed by atoms with Gasteiger partial charge in [0.05, 0.1) is 12.1 Å². The SMILES string of the molecule is CC1=NO[C@H](CC(=O)O)C1C. The largest absolute Gasteiger partial charge is 0.481 e. The van der Waals surface area contributed by atoms with Crippen molar-refractivity contribution in [2.24, 2.45) is 11.1 Å². The van der Waals surface area contributed by atoms with Crippen molar-refractivity contribution in [3.05, 3.63) is 0 Å². The van der Waals surface area contributed by atoms with Gasteiger partial charge in [-0.3, -0.25) is 4.79 Å². The minimum Gasteiger partial charge on any atom is -0.481 e. The van der Waals surface area contributed by atoms with E-state index < -0.39 is 5.97 Å². The highest BCUT2D eigenvalue weighted by molar-refractivity contribution is 5.85. The molecule has 1 rings (SSSR count). The molecule has 0 aromatic heterocycles. The fourth-order valence-electron chi connectivity index (χ4n) is 0.980. The number of hydrogen-bond donors (Lipinski definition) is 1. The molecule has 4 nitrogen and oxygen atoms in total. The Kier molecular flexibility index (Phi) is 2.12. The van der Waals surface area contributed by atoms with Crippen molar-refractivity contribution < 1.29 is 14.7 Å². The Hall–Kier alpha value is -1.06. The number of carboxylic acid groups (broad SMARTS) is 1. The second-order valence-corrected chi connectivity index (χ2v) is 2.76. The molecule has 62 valence electrons. The van der Waals surface area contributed by atoms with Crippen LogP contribution in [0.1, 0.15) is 20.3 Å². The first-order valence-electron chi connectivity index (χ1n) is 3.53. The zero-order valence-corrected chi connectivity index (χ0v) is 6.57. The van der Waals surface area contributed by atoms with Gasteiger partial charge >= 0.3 is 5.97 Å². The van der Waals surface area contributed by atoms with Gasteiger partial charge < -0.3 is 9.94 Å². The van der Waals surface area contributed by atoms with Gasteiger partial charge in [0.2, 0.25) is 0 Å². The molecule has 1 aliphatic rings. The minimum atomic E-state index is -0.841. The highest BCUT2D eigenvalue weighted by Crippen LogP contribution is 2.20. The third kappa shape index (κ3) is 1.69. The summed E-state index contributed by atoms with van der Waals surface area (Å²) in [7, 11) is 0. The van der Waals surface area contributed by atoms with Crippen LogP contribution in [0.4, 0.5) is 0 Å². The summed E-state index contributed by atoms with van der Waals surface area (Å²) in [6, 6.07) is 0. The van der Waals surface area contributed by atoms with Crippen LogP contribution in [-0.4, -0.2) is 22.9 Å². The predicted molar refractivity (Wildman–Crippen MR) is 39.4 cm³/mol. The molecule has 4 heteroatoms. The Labute approximate surface area is 64.8 Å². The summed E-state index contributed by atoms with van der Waals surface area (Å²) in [5.41, 5.74) is 0.872. The minimum absolute atomic E-state index is 0.0298. The van der Waals surface area contributed by atoms with Crippen LogP contribution in [0.25, 0.3) is 0 Å². The van der Waals surface area contributed by atoms with E-state index in [1.54, 1.807) is 0 Å². The molecular weight excluding hydrogens is 146 g/mol. The summed E-state index contributed by atoms with van der Waals surface area (Å²) in [5.74, 6) is -0.710. The topological polar surface area (TPSA) is 58.9 Å². The first-order valence-corrected chi connectivity index (χ1v) is 3.53. The van der Waals surface area contributed by atoms with Crippen molar-refractivity contribution in [1.29, 1.82) is 0 Å². The Morgan fingerprint density at radius 2 is 2.45 bits per heavy atom. The summed E-state index contributed by atoms with van der Waals surface area (Å²) in [6.07, 6.45) is -0.241. The third-order valence-corrected chi connectivity index (χ3v) is 1.92. The molecule has 0 aromatic rings. The molecule has 1 aliphatic heterocycles. The third-order valence-electron chi connectivity index (χ3n) is 1.92. The molecule has 1 unspecified atom stereocenters. The summed E-state index contributed by atoms with van der Waals surface area (Å²) in [6.45, 7) is 3.76. The molecule has 0 amide bonds. The average molecular weight is 157 g/mol. The fourth-order valence-corrected chi connectivity index (χ4v) is 0.980. The lowest BCUT2D eigenvalue weighted by atomic mass is 9.99. The molecule has 0 radical (unpaired) electrons. The van der Waals surface area contributed by atoms with Gasteiger partial charge in [0.25, 0.3) is 0 Å². The molecule has 0 saturated carbocycles. The summed E-state index contributed by atoms with van der Waals surface area (Å²) >= 11 is 0. The quantitative estimate of drug-likeness (QED) is 0.647. The number of carboxylic acids is 1. The molecule has 0 aromatic carbocycles. The zero-order chi connectivity index (χ0) is 8.43. The zero-order valence-electron chi connectivity index (χ0n) is 6.57. The molecular formula is C7H11NO3. The molecule has 1 heterocycles. The van der Waals surface area contributed by atoms with E-state index in [9.17, 15) is 4.79 Å². The number of hydrogen-bond acceptors (Lipinski definition) is 3. The Morgan fingerprint density at radius 3 is 2.82 bits per heavy atom. The van der Waals surface area contributed by atoms with E-state index in [1.807, 2.05) is 13.8 Å². The summed E-state index contributed by atoms with van der Waals surface area (Å²) < 4.78 is 0. The molecule has 0 aliphatic carbocycles. The second-order valence-electron chi connectivity index (χ2n) is 2.76. The maximum absolute atomic E-state index is 10.3. The monoisotopic (exact) mass is 157 g/mol. The van der Waals surface area contributed by atoms with Gasteiger partial charge in [0.1, 0.15) is 6.10 Å². The van der Waals surface area contributed by atoms with E-state index in [4.69, 9.17) is 9.94 Å². The van der Waals surface area contributed by atoms with Crippen LogP contribution in [0.15, 0.2) is 5.16 Å². The number of oxime groups is 1. The number of nitrogens with zero attached hydrogens (tertiary/aromatic N) is 1. The maximum atomic E-state index is 10.3. The maximum Gasteiger partial charge on any atom is 0.307 e. The van der Waals surface area contributed by atoms with Crippen LogP contribution < -0.4 is 0 Å². The van der Waals surface area contributed by atoms with Crippen molar-refractivity contribution in [2.45, 2.75) is 26.4 Å². The van der Waals surface area contributed by atoms with Crippen LogP contribution >= 0.6 is 0 Å². The van der Waals surface area contributed by atoms with Gasteiger partial charge in [0, 0.05) is 5.92 Å². The van der Waals surface area contributed by atoms with Crippen LogP contribution in [0, 0.1) is 5.92 Å². The van der Waals surface area contributed by atoms with Gasteiger partial charge in [-0.15, -0.1) is 0 Å². The number of rotatable bonds is 2. The van der Waals surface area contributed by atoms with Gasteiger partial charge in [-0.1, -0.05) is 12.1 Å². The molecule has 0 saturated heterocycles. The first kappa shape index (κ1) is 8.04. The van der Waals surface area contributed by atoms with E-state index in [0.29, 0.717) is 0 Å². The molecule has 0 spiro atoms. The van der Waals surface area contributed by atoms with Crippen molar-refractivity contribution in [3.63, 3.8) is 0 Å². The Morgan fingerprint density at radius 1 is 1.82 bits per heavy atom. The van der Waals surface area contributed by atoms with Crippen molar-refractivity contribution >= 4 is 11.7 Å². The fraction of sp³-hybridized carbons (Fsp3) is 0.714. The lowest BCUT2D eigenvalue weighted by Crippen LogP contribution is -2.22. The van der Waals surface area contributed by atoms with Gasteiger partial charge in [0.15, 0.2) is 0 Å².